The molecule has 10 nitrogen and oxygen atoms in total. The zero-order valence-corrected chi connectivity index (χ0v) is 29.5. The molecule has 0 bridgehead atoms. The number of amides is 2. The minimum atomic E-state index is -1.18. The standard InChI is InChI=1S/C42H44N4O6/c1-3-4-5-6-10-25-51-35-21-17-31(18-22-35)34-27-43-39(44-28-34)32-15-13-30(14-16-32)26-38(41(48)45-29(2)42(49)50)46-40(47)33-19-23-37(24-20-33)52-36-11-8-7-9-12-36/h7-9,11-24,27-29,38H,3-6,10,25-26H2,1-2H3,(H,45,48)(H,46,47)(H,49,50)/t29-,38+/m1/s1. The van der Waals surface area contributed by atoms with Crippen molar-refractivity contribution in [3.8, 4) is 39.8 Å². The molecule has 0 aliphatic rings. The second-order valence-corrected chi connectivity index (χ2v) is 12.5. The molecule has 52 heavy (non-hydrogen) atoms. The minimum Gasteiger partial charge on any atom is -0.494 e. The summed E-state index contributed by atoms with van der Waals surface area (Å²) in [4.78, 5) is 47.0. The van der Waals surface area contributed by atoms with Crippen LogP contribution >= 0.6 is 0 Å². The summed E-state index contributed by atoms with van der Waals surface area (Å²) in [5.41, 5.74) is 3.71. The van der Waals surface area contributed by atoms with E-state index in [4.69, 9.17) is 9.47 Å². The summed E-state index contributed by atoms with van der Waals surface area (Å²) < 4.78 is 11.7. The molecule has 268 valence electrons. The summed E-state index contributed by atoms with van der Waals surface area (Å²) in [5.74, 6) is 0.309. The number of nitrogens with one attached hydrogen (secondary N) is 2. The molecule has 3 N–H and O–H groups in total. The van der Waals surface area contributed by atoms with Crippen LogP contribution in [0.3, 0.4) is 0 Å². The molecule has 5 aromatic rings. The molecule has 1 aromatic heterocycles. The van der Waals surface area contributed by atoms with E-state index in [2.05, 4.69) is 27.5 Å². The van der Waals surface area contributed by atoms with E-state index in [0.717, 1.165) is 34.4 Å². The van der Waals surface area contributed by atoms with Gasteiger partial charge in [-0.1, -0.05) is 87.2 Å². The van der Waals surface area contributed by atoms with Crippen LogP contribution in [0.4, 0.5) is 0 Å². The molecule has 0 saturated carbocycles. The molecule has 0 aliphatic heterocycles. The molecule has 0 saturated heterocycles. The van der Waals surface area contributed by atoms with Crippen molar-refractivity contribution >= 4 is 17.8 Å². The summed E-state index contributed by atoms with van der Waals surface area (Å²) in [6.45, 7) is 4.29. The van der Waals surface area contributed by atoms with E-state index in [1.54, 1.807) is 36.7 Å². The van der Waals surface area contributed by atoms with Crippen molar-refractivity contribution in [2.75, 3.05) is 6.61 Å². The number of hydrogen-bond donors (Lipinski definition) is 3. The number of benzene rings is 4. The third-order valence-electron chi connectivity index (χ3n) is 8.45. The smallest absolute Gasteiger partial charge is 0.325 e. The topological polar surface area (TPSA) is 140 Å². The first kappa shape index (κ1) is 37.2. The van der Waals surface area contributed by atoms with E-state index >= 15 is 0 Å². The summed E-state index contributed by atoms with van der Waals surface area (Å²) in [6, 6.07) is 28.9. The Labute approximate surface area is 304 Å². The van der Waals surface area contributed by atoms with Crippen LogP contribution in [0.25, 0.3) is 22.5 Å². The lowest BCUT2D eigenvalue weighted by Gasteiger charge is -2.20. The fourth-order valence-electron chi connectivity index (χ4n) is 5.42. The Kier molecular flexibility index (Phi) is 13.5. The van der Waals surface area contributed by atoms with Crippen LogP contribution in [0, 0.1) is 0 Å². The van der Waals surface area contributed by atoms with Gasteiger partial charge >= 0.3 is 5.97 Å². The van der Waals surface area contributed by atoms with Crippen LogP contribution in [-0.4, -0.2) is 51.5 Å². The van der Waals surface area contributed by atoms with Crippen LogP contribution in [0.5, 0.6) is 17.2 Å². The molecular formula is C42H44N4O6. The number of carbonyl (C=O) groups excluding carboxylic acids is 2. The monoisotopic (exact) mass is 700 g/mol. The highest BCUT2D eigenvalue weighted by molar-refractivity contribution is 5.98. The number of nitrogens with zero attached hydrogens (tertiary/aromatic N) is 2. The van der Waals surface area contributed by atoms with Gasteiger partial charge in [-0.2, -0.15) is 0 Å². The fourth-order valence-corrected chi connectivity index (χ4v) is 5.42. The number of aromatic nitrogens is 2. The molecule has 5 rings (SSSR count). The van der Waals surface area contributed by atoms with E-state index < -0.39 is 29.9 Å². The van der Waals surface area contributed by atoms with Gasteiger partial charge in [0.1, 0.15) is 29.3 Å². The van der Waals surface area contributed by atoms with Crippen LogP contribution in [0.15, 0.2) is 116 Å². The Bertz CT molecular complexity index is 1880. The van der Waals surface area contributed by atoms with E-state index in [1.165, 1.54) is 32.6 Å². The first-order chi connectivity index (χ1) is 25.3. The van der Waals surface area contributed by atoms with Gasteiger partial charge in [-0.3, -0.25) is 14.4 Å². The summed E-state index contributed by atoms with van der Waals surface area (Å²) in [5, 5.41) is 14.6. The summed E-state index contributed by atoms with van der Waals surface area (Å²) in [7, 11) is 0. The lowest BCUT2D eigenvalue weighted by Crippen LogP contribution is -2.51. The highest BCUT2D eigenvalue weighted by atomic mass is 16.5. The normalized spacial score (nSPS) is 12.0. The van der Waals surface area contributed by atoms with E-state index in [-0.39, 0.29) is 6.42 Å². The number of carboxylic acids is 1. The largest absolute Gasteiger partial charge is 0.494 e. The summed E-state index contributed by atoms with van der Waals surface area (Å²) >= 11 is 0. The molecule has 0 fully saturated rings. The molecule has 1 heterocycles. The minimum absolute atomic E-state index is 0.123. The number of ether oxygens (including phenoxy) is 2. The zero-order chi connectivity index (χ0) is 36.7. The van der Waals surface area contributed by atoms with E-state index in [1.807, 2.05) is 78.9 Å². The number of hydrogen-bond acceptors (Lipinski definition) is 7. The predicted octanol–water partition coefficient (Wildman–Crippen LogP) is 7.88. The maximum absolute atomic E-state index is 13.2. The maximum atomic E-state index is 13.2. The molecule has 0 spiro atoms. The average molecular weight is 701 g/mol. The van der Waals surface area contributed by atoms with Crippen molar-refractivity contribution in [2.45, 2.75) is 64.5 Å². The van der Waals surface area contributed by atoms with Crippen LogP contribution in [0.2, 0.25) is 0 Å². The molecular weight excluding hydrogens is 656 g/mol. The highest BCUT2D eigenvalue weighted by Gasteiger charge is 2.25. The first-order valence-electron chi connectivity index (χ1n) is 17.6. The number of para-hydroxylation sites is 1. The van der Waals surface area contributed by atoms with E-state index in [0.29, 0.717) is 29.5 Å². The zero-order valence-electron chi connectivity index (χ0n) is 29.5. The Balaban J connectivity index is 1.20. The van der Waals surface area contributed by atoms with Crippen LogP contribution in [0.1, 0.15) is 61.9 Å². The molecule has 4 aromatic carbocycles. The molecule has 0 radical (unpaired) electrons. The lowest BCUT2D eigenvalue weighted by molar-refractivity contribution is -0.141. The van der Waals surface area contributed by atoms with Gasteiger partial charge in [-0.25, -0.2) is 9.97 Å². The van der Waals surface area contributed by atoms with Crippen LogP contribution < -0.4 is 20.1 Å². The molecule has 0 aliphatic carbocycles. The van der Waals surface area contributed by atoms with Gasteiger partial charge in [-0.05, 0) is 73.0 Å². The number of rotatable bonds is 18. The van der Waals surface area contributed by atoms with Crippen molar-refractivity contribution in [2.24, 2.45) is 0 Å². The number of aliphatic carboxylic acids is 1. The SMILES string of the molecule is CCCCCCCOc1ccc(-c2cnc(-c3ccc(C[C@H](NC(=O)c4ccc(Oc5ccccc5)cc4)C(=O)N[C@H](C)C(=O)O)cc3)nc2)cc1. The molecule has 10 heteroatoms. The quantitative estimate of drug-likeness (QED) is 0.0785. The Hall–Kier alpha value is -6.03. The van der Waals surface area contributed by atoms with Gasteiger partial charge in [0.15, 0.2) is 5.82 Å². The van der Waals surface area contributed by atoms with Gasteiger partial charge in [-0.15, -0.1) is 0 Å². The fraction of sp³-hybridized carbons (Fsp3) is 0.262. The average Bonchev–Trinajstić information content (AvgIpc) is 3.17. The Morgan fingerprint density at radius 2 is 1.31 bits per heavy atom. The van der Waals surface area contributed by atoms with Gasteiger partial charge in [0, 0.05) is 35.5 Å². The first-order valence-corrected chi connectivity index (χ1v) is 17.6. The van der Waals surface area contributed by atoms with E-state index in [9.17, 15) is 19.5 Å². The highest BCUT2D eigenvalue weighted by Crippen LogP contribution is 2.24. The number of carbonyl (C=O) groups is 3. The second kappa shape index (κ2) is 18.8. The number of unbranched alkanes of at least 4 members (excludes halogenated alkanes) is 4. The van der Waals surface area contributed by atoms with Crippen molar-refractivity contribution < 1.29 is 29.0 Å². The van der Waals surface area contributed by atoms with Crippen molar-refractivity contribution in [3.05, 3.63) is 127 Å². The van der Waals surface area contributed by atoms with Crippen molar-refractivity contribution in [3.63, 3.8) is 0 Å². The molecule has 2 amide bonds. The van der Waals surface area contributed by atoms with Gasteiger partial charge in [0.25, 0.3) is 5.91 Å². The number of carboxylic acid groups (broad SMARTS) is 1. The van der Waals surface area contributed by atoms with Gasteiger partial charge in [0.05, 0.1) is 6.61 Å². The predicted molar refractivity (Wildman–Crippen MR) is 200 cm³/mol. The Morgan fingerprint density at radius 3 is 1.96 bits per heavy atom. The lowest BCUT2D eigenvalue weighted by atomic mass is 10.0. The van der Waals surface area contributed by atoms with Crippen molar-refractivity contribution in [1.29, 1.82) is 0 Å². The molecule has 0 unspecified atom stereocenters. The van der Waals surface area contributed by atoms with Crippen LogP contribution in [-0.2, 0) is 16.0 Å². The molecule has 2 atom stereocenters. The van der Waals surface area contributed by atoms with Gasteiger partial charge in [0.2, 0.25) is 5.91 Å². The van der Waals surface area contributed by atoms with Gasteiger partial charge < -0.3 is 25.2 Å². The Morgan fingerprint density at radius 1 is 0.692 bits per heavy atom. The third-order valence-corrected chi connectivity index (χ3v) is 8.45. The second-order valence-electron chi connectivity index (χ2n) is 12.5. The maximum Gasteiger partial charge on any atom is 0.325 e. The van der Waals surface area contributed by atoms with Crippen molar-refractivity contribution in [1.82, 2.24) is 20.6 Å². The summed E-state index contributed by atoms with van der Waals surface area (Å²) in [6.07, 6.45) is 9.66. The third kappa shape index (κ3) is 11.0.